The standard InChI is InChI=1S/C22H27FN8O/c1-13-24-10-16-17(11-25-19(16)27-13)20-26-12-18(23)21(30-20)28-14-5-4-6-15(9-14)29-22(32)31-7-2-3-8-31/h10-12,14-15H,2-9H2,1H3,(H,29,32)(H,24,25,27)(H,26,28,30)/t14-,15+/m1/s1. The van der Waals surface area contributed by atoms with Gasteiger partial charge in [0.2, 0.25) is 0 Å². The second kappa shape index (κ2) is 8.68. The van der Waals surface area contributed by atoms with Crippen LogP contribution in [0.3, 0.4) is 0 Å². The van der Waals surface area contributed by atoms with E-state index in [2.05, 4.69) is 35.6 Å². The highest BCUT2D eigenvalue weighted by atomic mass is 19.1. The first-order chi connectivity index (χ1) is 15.6. The van der Waals surface area contributed by atoms with Crippen molar-refractivity contribution in [3.63, 3.8) is 0 Å². The normalized spacial score (nSPS) is 21.1. The molecule has 3 N–H and O–H groups in total. The van der Waals surface area contributed by atoms with Crippen LogP contribution in [0, 0.1) is 12.7 Å². The van der Waals surface area contributed by atoms with Gasteiger partial charge in [0, 0.05) is 48.5 Å². The molecule has 4 heterocycles. The number of carbonyl (C=O) groups is 1. The molecule has 168 valence electrons. The van der Waals surface area contributed by atoms with Gasteiger partial charge in [0.05, 0.1) is 6.20 Å². The number of likely N-dealkylation sites (tertiary alicyclic amines) is 1. The fourth-order valence-electron chi connectivity index (χ4n) is 4.61. The number of anilines is 1. The molecule has 10 heteroatoms. The maximum atomic E-state index is 14.5. The number of carbonyl (C=O) groups excluding carboxylic acids is 1. The van der Waals surface area contributed by atoms with E-state index < -0.39 is 5.82 Å². The number of hydrogen-bond donors (Lipinski definition) is 3. The van der Waals surface area contributed by atoms with Gasteiger partial charge in [0.25, 0.3) is 0 Å². The van der Waals surface area contributed by atoms with E-state index in [4.69, 9.17) is 0 Å². The van der Waals surface area contributed by atoms with Gasteiger partial charge in [-0.25, -0.2) is 29.1 Å². The van der Waals surface area contributed by atoms with Crippen LogP contribution in [0.15, 0.2) is 18.6 Å². The number of nitrogens with zero attached hydrogens (tertiary/aromatic N) is 5. The van der Waals surface area contributed by atoms with Crippen LogP contribution in [-0.4, -0.2) is 61.0 Å². The number of nitrogens with one attached hydrogen (secondary N) is 3. The van der Waals surface area contributed by atoms with Crippen molar-refractivity contribution in [2.24, 2.45) is 0 Å². The molecular weight excluding hydrogens is 411 g/mol. The van der Waals surface area contributed by atoms with E-state index in [1.54, 1.807) is 12.4 Å². The maximum Gasteiger partial charge on any atom is 0.317 e. The van der Waals surface area contributed by atoms with Crippen LogP contribution in [-0.2, 0) is 0 Å². The number of aromatic amines is 1. The van der Waals surface area contributed by atoms with Crippen molar-refractivity contribution in [1.29, 1.82) is 0 Å². The zero-order valence-electron chi connectivity index (χ0n) is 18.1. The number of aromatic nitrogens is 5. The lowest BCUT2D eigenvalue weighted by molar-refractivity contribution is 0.199. The SMILES string of the molecule is Cc1ncc2c(-c3ncc(F)c(N[C@@H]4CCC[C@H](NC(=O)N5CCCC5)C4)n3)c[nH]c2n1. The lowest BCUT2D eigenvalue weighted by Crippen LogP contribution is -2.47. The topological polar surface area (TPSA) is 112 Å². The van der Waals surface area contributed by atoms with Crippen LogP contribution in [0.4, 0.5) is 15.0 Å². The first-order valence-electron chi connectivity index (χ1n) is 11.2. The average molecular weight is 439 g/mol. The summed E-state index contributed by atoms with van der Waals surface area (Å²) in [5.41, 5.74) is 1.42. The molecule has 0 unspecified atom stereocenters. The lowest BCUT2D eigenvalue weighted by Gasteiger charge is -2.32. The van der Waals surface area contributed by atoms with Crippen molar-refractivity contribution in [3.8, 4) is 11.4 Å². The van der Waals surface area contributed by atoms with Crippen molar-refractivity contribution in [2.45, 2.75) is 57.5 Å². The van der Waals surface area contributed by atoms with E-state index in [1.807, 2.05) is 11.8 Å². The van der Waals surface area contributed by atoms with Gasteiger partial charge in [-0.05, 0) is 45.4 Å². The van der Waals surface area contributed by atoms with E-state index in [-0.39, 0.29) is 23.9 Å². The molecule has 1 aliphatic carbocycles. The molecule has 3 aromatic rings. The van der Waals surface area contributed by atoms with E-state index in [0.29, 0.717) is 17.3 Å². The summed E-state index contributed by atoms with van der Waals surface area (Å²) < 4.78 is 14.5. The molecule has 2 amide bonds. The molecule has 0 radical (unpaired) electrons. The summed E-state index contributed by atoms with van der Waals surface area (Å²) in [4.78, 5) is 34.7. The number of urea groups is 1. The highest BCUT2D eigenvalue weighted by Crippen LogP contribution is 2.28. The van der Waals surface area contributed by atoms with E-state index in [9.17, 15) is 9.18 Å². The molecule has 1 saturated carbocycles. The number of amides is 2. The molecule has 0 spiro atoms. The molecule has 9 nitrogen and oxygen atoms in total. The maximum absolute atomic E-state index is 14.5. The van der Waals surface area contributed by atoms with E-state index >= 15 is 0 Å². The van der Waals surface area contributed by atoms with Gasteiger partial charge < -0.3 is 20.5 Å². The second-order valence-electron chi connectivity index (χ2n) is 8.62. The summed E-state index contributed by atoms with van der Waals surface area (Å²) in [5, 5.41) is 7.19. The van der Waals surface area contributed by atoms with Crippen LogP contribution in [0.2, 0.25) is 0 Å². The van der Waals surface area contributed by atoms with Crippen molar-refractivity contribution in [2.75, 3.05) is 18.4 Å². The Labute approximate surface area is 185 Å². The fraction of sp³-hybridized carbons (Fsp3) is 0.500. The van der Waals surface area contributed by atoms with Crippen molar-refractivity contribution >= 4 is 22.9 Å². The quantitative estimate of drug-likeness (QED) is 0.576. The van der Waals surface area contributed by atoms with Gasteiger partial charge in [-0.2, -0.15) is 0 Å². The predicted molar refractivity (Wildman–Crippen MR) is 119 cm³/mol. The Kier molecular flexibility index (Phi) is 5.59. The molecular formula is C22H27FN8O. The Balaban J connectivity index is 1.30. The van der Waals surface area contributed by atoms with Gasteiger partial charge in [-0.15, -0.1) is 0 Å². The van der Waals surface area contributed by atoms with Gasteiger partial charge in [0.15, 0.2) is 17.5 Å². The molecule has 2 atom stereocenters. The Hall–Kier alpha value is -3.30. The van der Waals surface area contributed by atoms with Gasteiger partial charge in [-0.3, -0.25) is 0 Å². The van der Waals surface area contributed by atoms with Crippen molar-refractivity contribution < 1.29 is 9.18 Å². The summed E-state index contributed by atoms with van der Waals surface area (Å²) in [7, 11) is 0. The number of hydrogen-bond acceptors (Lipinski definition) is 6. The third-order valence-corrected chi connectivity index (χ3v) is 6.27. The van der Waals surface area contributed by atoms with Crippen LogP contribution in [0.25, 0.3) is 22.4 Å². The summed E-state index contributed by atoms with van der Waals surface area (Å²) in [6.45, 7) is 3.47. The third kappa shape index (κ3) is 4.21. The molecule has 2 fully saturated rings. The summed E-state index contributed by atoms with van der Waals surface area (Å²) in [5.74, 6) is 0.747. The molecule has 3 aromatic heterocycles. The zero-order chi connectivity index (χ0) is 22.1. The molecule has 0 bridgehead atoms. The third-order valence-electron chi connectivity index (χ3n) is 6.27. The number of halogens is 1. The minimum Gasteiger partial charge on any atom is -0.365 e. The lowest BCUT2D eigenvalue weighted by atomic mass is 9.91. The zero-order valence-corrected chi connectivity index (χ0v) is 18.1. The van der Waals surface area contributed by atoms with Crippen molar-refractivity contribution in [1.82, 2.24) is 35.1 Å². The molecule has 1 aliphatic heterocycles. The smallest absolute Gasteiger partial charge is 0.317 e. The summed E-state index contributed by atoms with van der Waals surface area (Å²) >= 11 is 0. The summed E-state index contributed by atoms with van der Waals surface area (Å²) in [6.07, 6.45) is 10.3. The molecule has 2 aliphatic rings. The van der Waals surface area contributed by atoms with Crippen LogP contribution in [0.5, 0.6) is 0 Å². The second-order valence-corrected chi connectivity index (χ2v) is 8.62. The van der Waals surface area contributed by atoms with Crippen LogP contribution < -0.4 is 10.6 Å². The first-order valence-corrected chi connectivity index (χ1v) is 11.2. The monoisotopic (exact) mass is 438 g/mol. The first kappa shape index (κ1) is 20.6. The fourth-order valence-corrected chi connectivity index (χ4v) is 4.61. The molecule has 32 heavy (non-hydrogen) atoms. The minimum absolute atomic E-state index is 0.0143. The highest BCUT2D eigenvalue weighted by molar-refractivity contribution is 5.91. The highest BCUT2D eigenvalue weighted by Gasteiger charge is 2.27. The number of aryl methyl sites for hydroxylation is 1. The number of fused-ring (bicyclic) bond motifs is 1. The average Bonchev–Trinajstić information content (AvgIpc) is 3.46. The Morgan fingerprint density at radius 2 is 1.94 bits per heavy atom. The van der Waals surface area contributed by atoms with Gasteiger partial charge in [0.1, 0.15) is 11.5 Å². The molecule has 1 saturated heterocycles. The van der Waals surface area contributed by atoms with Crippen LogP contribution in [0.1, 0.15) is 44.3 Å². The molecule has 0 aromatic carbocycles. The van der Waals surface area contributed by atoms with E-state index in [1.165, 1.54) is 6.20 Å². The van der Waals surface area contributed by atoms with Gasteiger partial charge >= 0.3 is 6.03 Å². The number of H-pyrrole nitrogens is 1. The Morgan fingerprint density at radius 1 is 1.12 bits per heavy atom. The molecule has 5 rings (SSSR count). The Morgan fingerprint density at radius 3 is 2.78 bits per heavy atom. The predicted octanol–water partition coefficient (Wildman–Crippen LogP) is 3.39. The van der Waals surface area contributed by atoms with E-state index in [0.717, 1.165) is 62.6 Å². The van der Waals surface area contributed by atoms with Crippen LogP contribution >= 0.6 is 0 Å². The largest absolute Gasteiger partial charge is 0.365 e. The summed E-state index contributed by atoms with van der Waals surface area (Å²) in [6, 6.07) is 0.118. The van der Waals surface area contributed by atoms with Crippen molar-refractivity contribution in [3.05, 3.63) is 30.2 Å². The minimum atomic E-state index is -0.496. The Bertz CT molecular complexity index is 1130. The van der Waals surface area contributed by atoms with Gasteiger partial charge in [-0.1, -0.05) is 0 Å². The number of rotatable bonds is 4.